The number of piperidine rings is 1. The number of aryl methyl sites for hydroxylation is 1. The molecule has 0 atom stereocenters. The van der Waals surface area contributed by atoms with Crippen LogP contribution in [0.4, 0.5) is 0 Å². The minimum atomic E-state index is -3.54. The highest BCUT2D eigenvalue weighted by Crippen LogP contribution is 2.24. The van der Waals surface area contributed by atoms with Gasteiger partial charge in [-0.2, -0.15) is 4.31 Å². The highest BCUT2D eigenvalue weighted by molar-refractivity contribution is 7.89. The molecular weight excluding hydrogens is 384 g/mol. The van der Waals surface area contributed by atoms with Gasteiger partial charge in [-0.25, -0.2) is 21.1 Å². The van der Waals surface area contributed by atoms with Gasteiger partial charge in [-0.15, -0.1) is 11.6 Å². The molecule has 0 amide bonds. The number of benzene rings is 1. The van der Waals surface area contributed by atoms with E-state index in [9.17, 15) is 16.8 Å². The van der Waals surface area contributed by atoms with Crippen molar-refractivity contribution in [3.63, 3.8) is 0 Å². The van der Waals surface area contributed by atoms with E-state index in [2.05, 4.69) is 0 Å². The van der Waals surface area contributed by atoms with Gasteiger partial charge in [0.15, 0.2) is 0 Å². The zero-order chi connectivity index (χ0) is 18.7. The van der Waals surface area contributed by atoms with Crippen molar-refractivity contribution in [3.05, 3.63) is 29.8 Å². The molecule has 1 aliphatic rings. The van der Waals surface area contributed by atoms with Gasteiger partial charge in [0.05, 0.1) is 11.2 Å². The molecule has 9 heteroatoms. The van der Waals surface area contributed by atoms with Crippen LogP contribution in [0.15, 0.2) is 29.2 Å². The van der Waals surface area contributed by atoms with Crippen LogP contribution in [0.25, 0.3) is 0 Å². The number of nitrogens with zero attached hydrogens (tertiary/aromatic N) is 2. The summed E-state index contributed by atoms with van der Waals surface area (Å²) in [4.78, 5) is 0.275. The van der Waals surface area contributed by atoms with Crippen molar-refractivity contribution in [1.29, 1.82) is 0 Å². The van der Waals surface area contributed by atoms with E-state index < -0.39 is 20.0 Å². The molecule has 0 bridgehead atoms. The Bertz CT molecular complexity index is 771. The molecule has 1 aromatic carbocycles. The van der Waals surface area contributed by atoms with Crippen molar-refractivity contribution in [3.8, 4) is 0 Å². The summed E-state index contributed by atoms with van der Waals surface area (Å²) in [7, 11) is -5.26. The Balaban J connectivity index is 2.04. The summed E-state index contributed by atoms with van der Waals surface area (Å²) in [5, 5.41) is 0. The van der Waals surface area contributed by atoms with E-state index in [1.165, 1.54) is 14.9 Å². The second-order valence-electron chi connectivity index (χ2n) is 6.35. The maximum Gasteiger partial charge on any atom is 0.243 e. The second kappa shape index (κ2) is 8.35. The molecule has 0 radical (unpaired) electrons. The summed E-state index contributed by atoms with van der Waals surface area (Å²) in [5.74, 6) is 0.580. The van der Waals surface area contributed by atoms with Crippen molar-refractivity contribution < 1.29 is 16.8 Å². The quantitative estimate of drug-likeness (QED) is 0.646. The van der Waals surface area contributed by atoms with E-state index in [0.29, 0.717) is 31.8 Å². The van der Waals surface area contributed by atoms with Gasteiger partial charge in [0.25, 0.3) is 0 Å². The first-order chi connectivity index (χ1) is 11.7. The summed E-state index contributed by atoms with van der Waals surface area (Å²) in [6.07, 6.45) is 3.84. The molecule has 6 nitrogen and oxygen atoms in total. The first-order valence-corrected chi connectivity index (χ1v) is 12.1. The average Bonchev–Trinajstić information content (AvgIpc) is 2.59. The summed E-state index contributed by atoms with van der Waals surface area (Å²) in [6.45, 7) is 0.641. The van der Waals surface area contributed by atoms with Gasteiger partial charge in [0.2, 0.25) is 20.0 Å². The van der Waals surface area contributed by atoms with Crippen LogP contribution in [-0.4, -0.2) is 63.8 Å². The zero-order valence-electron chi connectivity index (χ0n) is 14.6. The van der Waals surface area contributed by atoms with Crippen molar-refractivity contribution in [2.24, 2.45) is 0 Å². The molecule has 1 heterocycles. The zero-order valence-corrected chi connectivity index (χ0v) is 16.9. The van der Waals surface area contributed by atoms with Gasteiger partial charge in [-0.3, -0.25) is 0 Å². The van der Waals surface area contributed by atoms with Crippen LogP contribution in [0.3, 0.4) is 0 Å². The number of alkyl halides is 1. The fraction of sp³-hybridized carbons (Fsp3) is 0.625. The molecule has 142 valence electrons. The molecule has 0 spiro atoms. The van der Waals surface area contributed by atoms with Crippen LogP contribution >= 0.6 is 11.6 Å². The topological polar surface area (TPSA) is 74.8 Å². The van der Waals surface area contributed by atoms with Crippen LogP contribution in [0, 0.1) is 0 Å². The van der Waals surface area contributed by atoms with Crippen LogP contribution < -0.4 is 0 Å². The molecule has 25 heavy (non-hydrogen) atoms. The molecule has 0 aliphatic carbocycles. The van der Waals surface area contributed by atoms with Crippen molar-refractivity contribution in [2.45, 2.75) is 36.6 Å². The Labute approximate surface area is 155 Å². The number of sulfonamides is 2. The number of rotatable bonds is 7. The lowest BCUT2D eigenvalue weighted by atomic mass is 10.1. The van der Waals surface area contributed by atoms with E-state index in [-0.39, 0.29) is 10.9 Å². The van der Waals surface area contributed by atoms with E-state index in [4.69, 9.17) is 11.6 Å². The van der Waals surface area contributed by atoms with Gasteiger partial charge in [0, 0.05) is 32.1 Å². The lowest BCUT2D eigenvalue weighted by Gasteiger charge is -2.35. The number of hydrogen-bond donors (Lipinski definition) is 0. The molecule has 2 rings (SSSR count). The maximum atomic E-state index is 12.8. The summed E-state index contributed by atoms with van der Waals surface area (Å²) in [6, 6.07) is 6.76. The molecule has 0 N–H and O–H groups in total. The summed E-state index contributed by atoms with van der Waals surface area (Å²) in [5.41, 5.74) is 1.06. The largest absolute Gasteiger partial charge is 0.243 e. The third-order valence-corrected chi connectivity index (χ3v) is 8.15. The van der Waals surface area contributed by atoms with Gasteiger partial charge < -0.3 is 0 Å². The van der Waals surface area contributed by atoms with Gasteiger partial charge >= 0.3 is 0 Å². The van der Waals surface area contributed by atoms with Crippen LogP contribution in [0.1, 0.15) is 24.8 Å². The second-order valence-corrected chi connectivity index (χ2v) is 10.7. The van der Waals surface area contributed by atoms with Crippen LogP contribution in [-0.2, 0) is 26.5 Å². The third-order valence-electron chi connectivity index (χ3n) is 4.62. The summed E-state index contributed by atoms with van der Waals surface area (Å²) >= 11 is 5.68. The minimum Gasteiger partial charge on any atom is -0.213 e. The third kappa shape index (κ3) is 5.17. The Morgan fingerprint density at radius 2 is 1.68 bits per heavy atom. The number of hydrogen-bond acceptors (Lipinski definition) is 4. The fourth-order valence-electron chi connectivity index (χ4n) is 2.97. The highest BCUT2D eigenvalue weighted by atomic mass is 35.5. The fourth-order valence-corrected chi connectivity index (χ4v) is 5.32. The normalized spacial score (nSPS) is 17.9. The monoisotopic (exact) mass is 408 g/mol. The van der Waals surface area contributed by atoms with Crippen molar-refractivity contribution in [2.75, 3.05) is 32.3 Å². The lowest BCUT2D eigenvalue weighted by molar-refractivity contribution is 0.239. The molecule has 0 unspecified atom stereocenters. The molecule has 1 saturated heterocycles. The lowest BCUT2D eigenvalue weighted by Crippen LogP contribution is -2.46. The minimum absolute atomic E-state index is 0.153. The Morgan fingerprint density at radius 1 is 1.12 bits per heavy atom. The molecule has 1 aliphatic heterocycles. The Hall–Kier alpha value is -0.670. The van der Waals surface area contributed by atoms with Gasteiger partial charge in [-0.05, 0) is 43.4 Å². The molecule has 1 aromatic rings. The first kappa shape index (κ1) is 20.6. The first-order valence-electron chi connectivity index (χ1n) is 8.24. The average molecular weight is 409 g/mol. The predicted molar refractivity (Wildman–Crippen MR) is 99.9 cm³/mol. The van der Waals surface area contributed by atoms with Crippen molar-refractivity contribution in [1.82, 2.24) is 8.61 Å². The predicted octanol–water partition coefficient (Wildman–Crippen LogP) is 1.90. The molecule has 0 saturated carbocycles. The van der Waals surface area contributed by atoms with E-state index in [1.807, 2.05) is 12.1 Å². The number of halogens is 1. The van der Waals surface area contributed by atoms with E-state index in [1.54, 1.807) is 19.2 Å². The molecule has 0 aromatic heterocycles. The Kier molecular flexibility index (Phi) is 6.89. The van der Waals surface area contributed by atoms with Crippen LogP contribution in [0.5, 0.6) is 0 Å². The van der Waals surface area contributed by atoms with Gasteiger partial charge in [-0.1, -0.05) is 12.1 Å². The standard InChI is InChI=1S/C16H25ClN2O4S2/c1-18(24(2,20)21)15-9-12-19(13-10-15)25(22,23)16-7-5-14(6-8-16)4-3-11-17/h5-8,15H,3-4,9-13H2,1-2H3. The summed E-state index contributed by atoms with van der Waals surface area (Å²) < 4.78 is 51.5. The molecule has 1 fully saturated rings. The van der Waals surface area contributed by atoms with E-state index in [0.717, 1.165) is 18.4 Å². The smallest absolute Gasteiger partial charge is 0.213 e. The maximum absolute atomic E-state index is 12.8. The van der Waals surface area contributed by atoms with Gasteiger partial charge in [0.1, 0.15) is 0 Å². The van der Waals surface area contributed by atoms with Crippen molar-refractivity contribution >= 4 is 31.6 Å². The molecular formula is C16H25ClN2O4S2. The van der Waals surface area contributed by atoms with E-state index >= 15 is 0 Å². The SMILES string of the molecule is CN(C1CCN(S(=O)(=O)c2ccc(CCCCl)cc2)CC1)S(C)(=O)=O. The highest BCUT2D eigenvalue weighted by Gasteiger charge is 2.32. The Morgan fingerprint density at radius 3 is 2.16 bits per heavy atom. The van der Waals surface area contributed by atoms with Crippen LogP contribution in [0.2, 0.25) is 0 Å².